The van der Waals surface area contributed by atoms with Gasteiger partial charge in [-0.2, -0.15) is 13.2 Å². The largest absolute Gasteiger partial charge is 0.418 e. The van der Waals surface area contributed by atoms with Gasteiger partial charge in [-0.3, -0.25) is 4.98 Å². The number of hydrogen-bond donors (Lipinski definition) is 1. The second-order valence-corrected chi connectivity index (χ2v) is 6.02. The minimum Gasteiger partial charge on any atom is -0.324 e. The Balaban J connectivity index is 1.63. The highest BCUT2D eigenvalue weighted by Gasteiger charge is 2.34. The van der Waals surface area contributed by atoms with E-state index in [1.54, 1.807) is 17.3 Å². The Morgan fingerprint density at radius 1 is 1.08 bits per heavy atom. The van der Waals surface area contributed by atoms with Crippen molar-refractivity contribution < 1.29 is 18.0 Å². The van der Waals surface area contributed by atoms with Crippen molar-refractivity contribution in [2.45, 2.75) is 24.9 Å². The van der Waals surface area contributed by atoms with E-state index in [1.807, 2.05) is 12.1 Å². The number of aromatic nitrogens is 1. The van der Waals surface area contributed by atoms with Crippen molar-refractivity contribution in [2.24, 2.45) is 0 Å². The van der Waals surface area contributed by atoms with Gasteiger partial charge >= 0.3 is 12.2 Å². The number of hydrogen-bond acceptors (Lipinski definition) is 2. The first-order valence-electron chi connectivity index (χ1n) is 8.07. The third-order valence-electron chi connectivity index (χ3n) is 4.43. The molecule has 1 aromatic carbocycles. The number of anilines is 1. The van der Waals surface area contributed by atoms with Crippen LogP contribution in [0.1, 0.15) is 29.9 Å². The van der Waals surface area contributed by atoms with Gasteiger partial charge in [0.1, 0.15) is 0 Å². The van der Waals surface area contributed by atoms with Crippen LogP contribution in [0.2, 0.25) is 0 Å². The number of alkyl halides is 3. The first-order chi connectivity index (χ1) is 11.9. The van der Waals surface area contributed by atoms with Crippen molar-refractivity contribution in [3.63, 3.8) is 0 Å². The van der Waals surface area contributed by atoms with Crippen molar-refractivity contribution in [3.05, 3.63) is 59.9 Å². The second-order valence-electron chi connectivity index (χ2n) is 6.02. The molecule has 2 amide bonds. The minimum atomic E-state index is -4.50. The van der Waals surface area contributed by atoms with Crippen molar-refractivity contribution in [1.29, 1.82) is 0 Å². The average Bonchev–Trinajstić information content (AvgIpc) is 2.62. The van der Waals surface area contributed by atoms with E-state index in [0.29, 0.717) is 19.0 Å². The summed E-state index contributed by atoms with van der Waals surface area (Å²) in [7, 11) is 0. The number of urea groups is 1. The molecular formula is C18H18F3N3O. The quantitative estimate of drug-likeness (QED) is 0.867. The smallest absolute Gasteiger partial charge is 0.324 e. The summed E-state index contributed by atoms with van der Waals surface area (Å²) in [6.45, 7) is 1.01. The van der Waals surface area contributed by atoms with Crippen molar-refractivity contribution >= 4 is 11.7 Å². The van der Waals surface area contributed by atoms with Gasteiger partial charge in [-0.05, 0) is 48.6 Å². The Morgan fingerprint density at radius 2 is 1.72 bits per heavy atom. The molecule has 2 heterocycles. The van der Waals surface area contributed by atoms with Gasteiger partial charge in [-0.1, -0.05) is 12.1 Å². The lowest BCUT2D eigenvalue weighted by Gasteiger charge is -2.32. The molecule has 132 valence electrons. The highest BCUT2D eigenvalue weighted by atomic mass is 19.4. The van der Waals surface area contributed by atoms with E-state index in [4.69, 9.17) is 0 Å². The van der Waals surface area contributed by atoms with E-state index in [2.05, 4.69) is 10.3 Å². The summed E-state index contributed by atoms with van der Waals surface area (Å²) in [5, 5.41) is 2.40. The summed E-state index contributed by atoms with van der Waals surface area (Å²) in [6, 6.07) is 8.43. The van der Waals surface area contributed by atoms with Gasteiger partial charge in [0, 0.05) is 25.5 Å². The lowest BCUT2D eigenvalue weighted by atomic mass is 9.90. The molecule has 0 radical (unpaired) electrons. The molecule has 1 aromatic heterocycles. The Labute approximate surface area is 143 Å². The maximum Gasteiger partial charge on any atom is 0.418 e. The van der Waals surface area contributed by atoms with E-state index in [0.717, 1.165) is 18.9 Å². The molecule has 1 fully saturated rings. The van der Waals surface area contributed by atoms with Crippen LogP contribution in [-0.4, -0.2) is 29.0 Å². The molecule has 7 heteroatoms. The maximum atomic E-state index is 13.0. The maximum absolute atomic E-state index is 13.0. The highest BCUT2D eigenvalue weighted by molar-refractivity contribution is 5.90. The lowest BCUT2D eigenvalue weighted by Crippen LogP contribution is -2.40. The molecule has 1 aliphatic heterocycles. The number of piperidine rings is 1. The number of carbonyl (C=O) groups excluding carboxylic acids is 1. The van der Waals surface area contributed by atoms with Gasteiger partial charge in [0.25, 0.3) is 0 Å². The van der Waals surface area contributed by atoms with E-state index in [1.165, 1.54) is 23.8 Å². The van der Waals surface area contributed by atoms with Crippen LogP contribution in [0.15, 0.2) is 48.8 Å². The Hall–Kier alpha value is -2.57. The number of pyridine rings is 1. The number of rotatable bonds is 2. The minimum absolute atomic E-state index is 0.212. The van der Waals surface area contributed by atoms with Crippen LogP contribution in [0.4, 0.5) is 23.7 Å². The molecule has 1 aliphatic rings. The number of carbonyl (C=O) groups is 1. The van der Waals surface area contributed by atoms with Crippen LogP contribution >= 0.6 is 0 Å². The van der Waals surface area contributed by atoms with Crippen LogP contribution in [-0.2, 0) is 6.18 Å². The molecule has 2 aromatic rings. The van der Waals surface area contributed by atoms with Gasteiger partial charge in [0.2, 0.25) is 0 Å². The number of amides is 2. The van der Waals surface area contributed by atoms with Crippen molar-refractivity contribution in [3.8, 4) is 0 Å². The molecular weight excluding hydrogens is 331 g/mol. The standard InChI is InChI=1S/C18H18F3N3O/c19-18(20,21)15-3-1-2-4-16(15)23-17(25)24-11-7-14(8-12-24)13-5-9-22-10-6-13/h1-6,9-10,14H,7-8,11-12H2,(H,23,25). The molecule has 1 saturated heterocycles. The number of halogens is 3. The summed E-state index contributed by atoms with van der Waals surface area (Å²) in [4.78, 5) is 17.9. The van der Waals surface area contributed by atoms with Gasteiger partial charge in [-0.15, -0.1) is 0 Å². The van der Waals surface area contributed by atoms with Crippen LogP contribution in [0, 0.1) is 0 Å². The third kappa shape index (κ3) is 4.10. The fraction of sp³-hybridized carbons (Fsp3) is 0.333. The molecule has 0 bridgehead atoms. The molecule has 0 atom stereocenters. The first-order valence-corrected chi connectivity index (χ1v) is 8.07. The highest BCUT2D eigenvalue weighted by Crippen LogP contribution is 2.35. The number of nitrogens with one attached hydrogen (secondary N) is 1. The van der Waals surface area contributed by atoms with E-state index < -0.39 is 17.8 Å². The fourth-order valence-electron chi connectivity index (χ4n) is 3.09. The van der Waals surface area contributed by atoms with Crippen LogP contribution in [0.5, 0.6) is 0 Å². The van der Waals surface area contributed by atoms with Crippen LogP contribution in [0.25, 0.3) is 0 Å². The zero-order chi connectivity index (χ0) is 17.9. The van der Waals surface area contributed by atoms with E-state index >= 15 is 0 Å². The molecule has 25 heavy (non-hydrogen) atoms. The third-order valence-corrected chi connectivity index (χ3v) is 4.43. The summed E-state index contributed by atoms with van der Waals surface area (Å²) in [6.07, 6.45) is 0.528. The molecule has 0 saturated carbocycles. The number of benzene rings is 1. The predicted molar refractivity (Wildman–Crippen MR) is 88.2 cm³/mol. The van der Waals surface area contributed by atoms with E-state index in [-0.39, 0.29) is 5.69 Å². The molecule has 1 N–H and O–H groups in total. The monoisotopic (exact) mass is 349 g/mol. The van der Waals surface area contributed by atoms with Gasteiger partial charge < -0.3 is 10.2 Å². The SMILES string of the molecule is O=C(Nc1ccccc1C(F)(F)F)N1CCC(c2ccncc2)CC1. The Morgan fingerprint density at radius 3 is 2.36 bits per heavy atom. The molecule has 3 rings (SSSR count). The molecule has 0 aliphatic carbocycles. The first kappa shape index (κ1) is 17.3. The van der Waals surface area contributed by atoms with Crippen molar-refractivity contribution in [1.82, 2.24) is 9.88 Å². The summed E-state index contributed by atoms with van der Waals surface area (Å²) < 4.78 is 39.0. The summed E-state index contributed by atoms with van der Waals surface area (Å²) >= 11 is 0. The number of likely N-dealkylation sites (tertiary alicyclic amines) is 1. The second kappa shape index (κ2) is 7.13. The van der Waals surface area contributed by atoms with Gasteiger partial charge in [0.05, 0.1) is 11.3 Å². The summed E-state index contributed by atoms with van der Waals surface area (Å²) in [5.74, 6) is 0.342. The number of para-hydroxylation sites is 1. The summed E-state index contributed by atoms with van der Waals surface area (Å²) in [5.41, 5.74) is 0.128. The van der Waals surface area contributed by atoms with Crippen molar-refractivity contribution in [2.75, 3.05) is 18.4 Å². The van der Waals surface area contributed by atoms with Gasteiger partial charge in [-0.25, -0.2) is 4.79 Å². The average molecular weight is 349 g/mol. The van der Waals surface area contributed by atoms with Crippen LogP contribution in [0.3, 0.4) is 0 Å². The molecule has 4 nitrogen and oxygen atoms in total. The normalized spacial score (nSPS) is 15.9. The van der Waals surface area contributed by atoms with Gasteiger partial charge in [0.15, 0.2) is 0 Å². The van der Waals surface area contributed by atoms with Crippen LogP contribution < -0.4 is 5.32 Å². The predicted octanol–water partition coefficient (Wildman–Crippen LogP) is 4.51. The zero-order valence-electron chi connectivity index (χ0n) is 13.5. The Bertz CT molecular complexity index is 726. The molecule has 0 spiro atoms. The number of nitrogens with zero attached hydrogens (tertiary/aromatic N) is 2. The lowest BCUT2D eigenvalue weighted by molar-refractivity contribution is -0.136. The van der Waals surface area contributed by atoms with E-state index in [9.17, 15) is 18.0 Å². The molecule has 0 unspecified atom stereocenters. The zero-order valence-corrected chi connectivity index (χ0v) is 13.5. The Kier molecular flexibility index (Phi) is 4.92. The topological polar surface area (TPSA) is 45.2 Å². The fourth-order valence-corrected chi connectivity index (χ4v) is 3.09.